The predicted octanol–water partition coefficient (Wildman–Crippen LogP) is 3.14. The van der Waals surface area contributed by atoms with Crippen molar-refractivity contribution >= 4 is 39.8 Å². The van der Waals surface area contributed by atoms with Crippen LogP contribution in [0, 0.1) is 0 Å². The van der Waals surface area contributed by atoms with Crippen LogP contribution in [0.5, 0.6) is 0 Å². The zero-order chi connectivity index (χ0) is 20.0. The third kappa shape index (κ3) is 5.17. The number of ether oxygens (including phenoxy) is 1. The average molecular weight is 433 g/mol. The second-order valence-electron chi connectivity index (χ2n) is 6.10. The van der Waals surface area contributed by atoms with Crippen LogP contribution in [-0.4, -0.2) is 50.8 Å². The van der Waals surface area contributed by atoms with Crippen molar-refractivity contribution in [2.45, 2.75) is 6.54 Å². The average Bonchev–Trinajstić information content (AvgIpc) is 2.66. The zero-order valence-corrected chi connectivity index (χ0v) is 17.0. The molecular formula is C20H21BrN2O4. The van der Waals surface area contributed by atoms with Gasteiger partial charge in [0.2, 0.25) is 0 Å². The lowest BCUT2D eigenvalue weighted by Crippen LogP contribution is -2.33. The number of esters is 1. The van der Waals surface area contributed by atoms with Crippen LogP contribution in [0.15, 0.2) is 46.9 Å². The van der Waals surface area contributed by atoms with Gasteiger partial charge in [-0.25, -0.2) is 4.79 Å². The molecule has 0 aliphatic rings. The van der Waals surface area contributed by atoms with Gasteiger partial charge in [0.05, 0.1) is 30.5 Å². The summed E-state index contributed by atoms with van der Waals surface area (Å²) in [5.41, 5.74) is 2.37. The summed E-state index contributed by atoms with van der Waals surface area (Å²) in [6, 6.07) is 12.2. The Morgan fingerprint density at radius 2 is 1.89 bits per heavy atom. The van der Waals surface area contributed by atoms with Crippen molar-refractivity contribution in [3.8, 4) is 0 Å². The van der Waals surface area contributed by atoms with Crippen LogP contribution in [0.25, 0.3) is 0 Å². The number of hydrogen-bond acceptors (Lipinski definition) is 5. The summed E-state index contributed by atoms with van der Waals surface area (Å²) in [4.78, 5) is 39.2. The van der Waals surface area contributed by atoms with Crippen LogP contribution in [-0.2, 0) is 16.1 Å². The normalized spacial score (nSPS) is 10.2. The van der Waals surface area contributed by atoms with E-state index in [2.05, 4.69) is 15.9 Å². The Morgan fingerprint density at radius 3 is 2.52 bits per heavy atom. The van der Waals surface area contributed by atoms with Gasteiger partial charge >= 0.3 is 5.97 Å². The second-order valence-corrected chi connectivity index (χ2v) is 7.02. The van der Waals surface area contributed by atoms with Crippen molar-refractivity contribution in [3.05, 3.63) is 63.6 Å². The minimum Gasteiger partial charge on any atom is -0.465 e. The smallest absolute Gasteiger partial charge is 0.337 e. The van der Waals surface area contributed by atoms with E-state index in [0.717, 1.165) is 15.7 Å². The van der Waals surface area contributed by atoms with Crippen LogP contribution < -0.4 is 4.90 Å². The molecule has 0 atom stereocenters. The molecule has 0 saturated heterocycles. The second kappa shape index (κ2) is 9.32. The van der Waals surface area contributed by atoms with Gasteiger partial charge in [-0.2, -0.15) is 0 Å². The van der Waals surface area contributed by atoms with E-state index in [0.29, 0.717) is 17.4 Å². The van der Waals surface area contributed by atoms with E-state index < -0.39 is 5.97 Å². The number of aldehydes is 1. The zero-order valence-electron chi connectivity index (χ0n) is 15.4. The molecule has 0 aromatic heterocycles. The lowest BCUT2D eigenvalue weighted by molar-refractivity contribution is -0.108. The molecule has 0 N–H and O–H groups in total. The molecule has 2 rings (SSSR count). The van der Waals surface area contributed by atoms with Gasteiger partial charge in [-0.3, -0.25) is 4.79 Å². The molecule has 6 nitrogen and oxygen atoms in total. The van der Waals surface area contributed by atoms with Gasteiger partial charge in [0.1, 0.15) is 6.29 Å². The lowest BCUT2D eigenvalue weighted by Gasteiger charge is -2.24. The van der Waals surface area contributed by atoms with Gasteiger partial charge in [0.25, 0.3) is 5.91 Å². The molecule has 2 aromatic rings. The highest BCUT2D eigenvalue weighted by Gasteiger charge is 2.20. The number of carbonyl (C=O) groups excluding carboxylic acids is 3. The Balaban J connectivity index is 2.34. The monoisotopic (exact) mass is 432 g/mol. The third-order valence-corrected chi connectivity index (χ3v) is 4.47. The van der Waals surface area contributed by atoms with Gasteiger partial charge in [-0.1, -0.05) is 28.1 Å². The minimum atomic E-state index is -0.451. The first-order valence-corrected chi connectivity index (χ1v) is 9.03. The molecule has 0 spiro atoms. The maximum atomic E-state index is 13.1. The molecular weight excluding hydrogens is 412 g/mol. The molecule has 27 heavy (non-hydrogen) atoms. The molecule has 0 fully saturated rings. The number of rotatable bonds is 7. The fourth-order valence-corrected chi connectivity index (χ4v) is 3.02. The maximum absolute atomic E-state index is 13.1. The summed E-state index contributed by atoms with van der Waals surface area (Å²) in [6.07, 6.45) is 0.691. The Labute approximate surface area is 166 Å². The fraction of sp³-hybridized carbons (Fsp3) is 0.250. The molecule has 0 radical (unpaired) electrons. The SMILES string of the molecule is COC(=O)c1cccc(CN(CC=O)C(=O)c2ccc(Br)cc2N(C)C)c1. The van der Waals surface area contributed by atoms with Crippen LogP contribution in [0.3, 0.4) is 0 Å². The standard InChI is InChI=1S/C20H21BrN2O4/c1-22(2)18-12-16(21)7-8-17(18)19(25)23(9-10-24)13-14-5-4-6-15(11-14)20(26)27-3/h4-8,10-12H,9,13H2,1-3H3. The molecule has 2 aromatic carbocycles. The summed E-state index contributed by atoms with van der Waals surface area (Å²) in [5, 5.41) is 0. The maximum Gasteiger partial charge on any atom is 0.337 e. The number of amides is 1. The van der Waals surface area contributed by atoms with Gasteiger partial charge in [0, 0.05) is 25.1 Å². The summed E-state index contributed by atoms with van der Waals surface area (Å²) in [5.74, 6) is -0.713. The number of benzene rings is 2. The number of anilines is 1. The van der Waals surface area contributed by atoms with Gasteiger partial charge in [-0.05, 0) is 35.9 Å². The Morgan fingerprint density at radius 1 is 1.15 bits per heavy atom. The van der Waals surface area contributed by atoms with E-state index in [1.807, 2.05) is 25.1 Å². The van der Waals surface area contributed by atoms with Crippen molar-refractivity contribution in [1.29, 1.82) is 0 Å². The van der Waals surface area contributed by atoms with Gasteiger partial charge in [0.15, 0.2) is 0 Å². The Kier molecular flexibility index (Phi) is 7.12. The number of nitrogens with zero attached hydrogens (tertiary/aromatic N) is 2. The van der Waals surface area contributed by atoms with Crippen molar-refractivity contribution in [2.24, 2.45) is 0 Å². The van der Waals surface area contributed by atoms with Gasteiger partial charge < -0.3 is 19.3 Å². The molecule has 7 heteroatoms. The quantitative estimate of drug-likeness (QED) is 0.496. The largest absolute Gasteiger partial charge is 0.465 e. The van der Waals surface area contributed by atoms with Crippen LogP contribution in [0.1, 0.15) is 26.3 Å². The predicted molar refractivity (Wildman–Crippen MR) is 107 cm³/mol. The third-order valence-electron chi connectivity index (χ3n) is 3.98. The number of methoxy groups -OCH3 is 1. The number of halogens is 1. The highest BCUT2D eigenvalue weighted by molar-refractivity contribution is 9.10. The Bertz CT molecular complexity index is 852. The van der Waals surface area contributed by atoms with Crippen LogP contribution in [0.2, 0.25) is 0 Å². The molecule has 0 bridgehead atoms. The molecule has 0 saturated carbocycles. The van der Waals surface area contributed by atoms with Crippen molar-refractivity contribution < 1.29 is 19.1 Å². The van der Waals surface area contributed by atoms with Crippen molar-refractivity contribution in [2.75, 3.05) is 32.6 Å². The first-order valence-electron chi connectivity index (χ1n) is 8.24. The van der Waals surface area contributed by atoms with Crippen LogP contribution >= 0.6 is 15.9 Å². The molecule has 1 amide bonds. The van der Waals surface area contributed by atoms with E-state index in [1.165, 1.54) is 12.0 Å². The lowest BCUT2D eigenvalue weighted by atomic mass is 10.1. The molecule has 142 valence electrons. The molecule has 0 heterocycles. The fourth-order valence-electron chi connectivity index (χ4n) is 2.67. The Hall–Kier alpha value is -2.67. The van der Waals surface area contributed by atoms with Gasteiger partial charge in [-0.15, -0.1) is 0 Å². The topological polar surface area (TPSA) is 66.9 Å². The van der Waals surface area contributed by atoms with E-state index in [4.69, 9.17) is 4.74 Å². The summed E-state index contributed by atoms with van der Waals surface area (Å²) >= 11 is 3.41. The number of hydrogen-bond donors (Lipinski definition) is 0. The summed E-state index contributed by atoms with van der Waals surface area (Å²) < 4.78 is 5.59. The highest BCUT2D eigenvalue weighted by atomic mass is 79.9. The van der Waals surface area contributed by atoms with Crippen LogP contribution in [0.4, 0.5) is 5.69 Å². The first-order chi connectivity index (χ1) is 12.9. The van der Waals surface area contributed by atoms with E-state index in [-0.39, 0.29) is 19.0 Å². The highest BCUT2D eigenvalue weighted by Crippen LogP contribution is 2.25. The molecule has 0 aliphatic heterocycles. The first kappa shape index (κ1) is 20.6. The molecule has 0 unspecified atom stereocenters. The van der Waals surface area contributed by atoms with Crippen molar-refractivity contribution in [3.63, 3.8) is 0 Å². The minimum absolute atomic E-state index is 0.0514. The molecule has 0 aliphatic carbocycles. The summed E-state index contributed by atoms with van der Waals surface area (Å²) in [7, 11) is 5.01. The van der Waals surface area contributed by atoms with E-state index in [9.17, 15) is 14.4 Å². The van der Waals surface area contributed by atoms with E-state index >= 15 is 0 Å². The van der Waals surface area contributed by atoms with Crippen molar-refractivity contribution in [1.82, 2.24) is 4.90 Å². The number of carbonyl (C=O) groups is 3. The van der Waals surface area contributed by atoms with E-state index in [1.54, 1.807) is 36.4 Å². The summed E-state index contributed by atoms with van der Waals surface area (Å²) in [6.45, 7) is 0.148.